The molecule has 0 aromatic heterocycles. The third kappa shape index (κ3) is 5.94. The number of benzene rings is 2. The highest BCUT2D eigenvalue weighted by Gasteiger charge is 2.13. The molecule has 0 bridgehead atoms. The van der Waals surface area contributed by atoms with Gasteiger partial charge in [-0.2, -0.15) is 0 Å². The molecule has 0 aliphatic heterocycles. The molecule has 0 amide bonds. The minimum absolute atomic E-state index is 0.597. The molecule has 0 fully saturated rings. The summed E-state index contributed by atoms with van der Waals surface area (Å²) in [5.74, 6) is 0.729. The highest BCUT2D eigenvalue weighted by atomic mass is 35.5. The van der Waals surface area contributed by atoms with Gasteiger partial charge in [0.15, 0.2) is 0 Å². The fraction of sp³-hybridized carbons (Fsp3) is 0.429. The van der Waals surface area contributed by atoms with E-state index in [9.17, 15) is 0 Å². The number of nitrogens with zero attached hydrogens (tertiary/aromatic N) is 1. The van der Waals surface area contributed by atoms with Crippen LogP contribution in [0.1, 0.15) is 43.4 Å². The largest absolute Gasteiger partial charge is 0.326 e. The smallest absolute Gasteiger partial charge is 0.0409 e. The maximum absolute atomic E-state index is 6.15. The Labute approximate surface area is 151 Å². The average Bonchev–Trinajstić information content (AvgIpc) is 2.60. The Hall–Kier alpha value is -1.35. The van der Waals surface area contributed by atoms with Crippen LogP contribution in [0.25, 0.3) is 0 Å². The van der Waals surface area contributed by atoms with Gasteiger partial charge in [-0.25, -0.2) is 0 Å². The first-order chi connectivity index (χ1) is 11.6. The lowest BCUT2D eigenvalue weighted by molar-refractivity contribution is 0.208. The van der Waals surface area contributed by atoms with Gasteiger partial charge in [-0.1, -0.05) is 74.7 Å². The Morgan fingerprint density at radius 3 is 2.12 bits per heavy atom. The summed E-state index contributed by atoms with van der Waals surface area (Å²) in [4.78, 5) is 2.53. The summed E-state index contributed by atoms with van der Waals surface area (Å²) in [5, 5.41) is 0.808. The van der Waals surface area contributed by atoms with Crippen LogP contribution < -0.4 is 5.73 Å². The fourth-order valence-corrected chi connectivity index (χ4v) is 3.24. The summed E-state index contributed by atoms with van der Waals surface area (Å²) in [5.41, 5.74) is 9.48. The lowest BCUT2D eigenvalue weighted by Crippen LogP contribution is -2.28. The summed E-state index contributed by atoms with van der Waals surface area (Å²) in [6.07, 6.45) is 2.43. The zero-order valence-corrected chi connectivity index (χ0v) is 15.6. The first-order valence-corrected chi connectivity index (χ1v) is 9.27. The predicted octanol–water partition coefficient (Wildman–Crippen LogP) is 5.24. The summed E-state index contributed by atoms with van der Waals surface area (Å²) in [6.45, 7) is 8.14. The molecule has 2 N–H and O–H groups in total. The summed E-state index contributed by atoms with van der Waals surface area (Å²) in [7, 11) is 0. The van der Waals surface area contributed by atoms with Crippen molar-refractivity contribution in [3.8, 4) is 0 Å². The molecule has 2 aromatic rings. The minimum Gasteiger partial charge on any atom is -0.326 e. The molecule has 0 saturated heterocycles. The zero-order chi connectivity index (χ0) is 17.4. The molecule has 24 heavy (non-hydrogen) atoms. The Kier molecular flexibility index (Phi) is 7.77. The van der Waals surface area contributed by atoms with E-state index < -0.39 is 0 Å². The molecule has 0 aliphatic rings. The maximum atomic E-state index is 6.15. The molecule has 3 heteroatoms. The van der Waals surface area contributed by atoms with Gasteiger partial charge in [0, 0.05) is 31.2 Å². The van der Waals surface area contributed by atoms with Crippen molar-refractivity contribution in [3.63, 3.8) is 0 Å². The van der Waals surface area contributed by atoms with Crippen molar-refractivity contribution < 1.29 is 0 Å². The molecule has 0 heterocycles. The zero-order valence-electron chi connectivity index (χ0n) is 14.8. The van der Waals surface area contributed by atoms with Gasteiger partial charge in [-0.05, 0) is 34.7 Å². The monoisotopic (exact) mass is 344 g/mol. The predicted molar refractivity (Wildman–Crippen MR) is 104 cm³/mol. The molecule has 2 nitrogen and oxygen atoms in total. The van der Waals surface area contributed by atoms with Crippen molar-refractivity contribution in [2.45, 2.75) is 46.3 Å². The molecule has 130 valence electrons. The van der Waals surface area contributed by atoms with Crippen LogP contribution in [0.2, 0.25) is 5.02 Å². The van der Waals surface area contributed by atoms with Gasteiger partial charge in [-0.3, -0.25) is 4.90 Å². The van der Waals surface area contributed by atoms with Crippen molar-refractivity contribution in [2.75, 3.05) is 6.54 Å². The van der Waals surface area contributed by atoms with E-state index in [4.69, 9.17) is 17.3 Å². The van der Waals surface area contributed by atoms with Crippen molar-refractivity contribution >= 4 is 11.6 Å². The summed E-state index contributed by atoms with van der Waals surface area (Å²) >= 11 is 6.15. The maximum Gasteiger partial charge on any atom is 0.0409 e. The van der Waals surface area contributed by atoms with E-state index in [0.29, 0.717) is 6.54 Å². The molecule has 0 aliphatic carbocycles. The van der Waals surface area contributed by atoms with E-state index in [0.717, 1.165) is 30.6 Å². The van der Waals surface area contributed by atoms with E-state index in [1.54, 1.807) is 0 Å². The Morgan fingerprint density at radius 2 is 1.54 bits per heavy atom. The van der Waals surface area contributed by atoms with Gasteiger partial charge in [0.05, 0.1) is 0 Å². The van der Waals surface area contributed by atoms with Crippen molar-refractivity contribution in [1.29, 1.82) is 0 Å². The second kappa shape index (κ2) is 9.83. The normalized spacial score (nSPS) is 11.4. The van der Waals surface area contributed by atoms with E-state index in [-0.39, 0.29) is 0 Å². The highest BCUT2D eigenvalue weighted by Crippen LogP contribution is 2.18. The fourth-order valence-electron chi connectivity index (χ4n) is 3.03. The molecular weight excluding hydrogens is 316 g/mol. The van der Waals surface area contributed by atoms with Crippen LogP contribution in [-0.2, 0) is 19.6 Å². The lowest BCUT2D eigenvalue weighted by atomic mass is 10.0. The SMILES string of the molecule is CCC(CC)CN(Cc1ccc(CN)cc1)Cc1cccc(Cl)c1. The molecule has 0 unspecified atom stereocenters. The molecule has 0 spiro atoms. The third-order valence-electron chi connectivity index (χ3n) is 4.63. The first kappa shape index (κ1) is 19.0. The molecule has 2 rings (SSSR count). The van der Waals surface area contributed by atoms with Crippen LogP contribution in [-0.4, -0.2) is 11.4 Å². The average molecular weight is 345 g/mol. The van der Waals surface area contributed by atoms with Crippen LogP contribution in [0.5, 0.6) is 0 Å². The molecule has 0 atom stereocenters. The van der Waals surface area contributed by atoms with Crippen LogP contribution in [0, 0.1) is 5.92 Å². The minimum atomic E-state index is 0.597. The Bertz CT molecular complexity index is 605. The van der Waals surface area contributed by atoms with E-state index in [2.05, 4.69) is 55.1 Å². The van der Waals surface area contributed by atoms with Crippen LogP contribution in [0.4, 0.5) is 0 Å². The van der Waals surface area contributed by atoms with Crippen molar-refractivity contribution in [2.24, 2.45) is 11.7 Å². The molecular formula is C21H29ClN2. The highest BCUT2D eigenvalue weighted by molar-refractivity contribution is 6.30. The number of hydrogen-bond donors (Lipinski definition) is 1. The van der Waals surface area contributed by atoms with Gasteiger partial charge in [-0.15, -0.1) is 0 Å². The molecule has 2 aromatic carbocycles. The van der Waals surface area contributed by atoms with Gasteiger partial charge in [0.25, 0.3) is 0 Å². The van der Waals surface area contributed by atoms with Crippen molar-refractivity contribution in [3.05, 3.63) is 70.2 Å². The molecule has 0 radical (unpaired) electrons. The number of rotatable bonds is 9. The summed E-state index contributed by atoms with van der Waals surface area (Å²) in [6, 6.07) is 16.8. The van der Waals surface area contributed by atoms with Gasteiger partial charge in [0.1, 0.15) is 0 Å². The third-order valence-corrected chi connectivity index (χ3v) is 4.87. The number of nitrogens with two attached hydrogens (primary N) is 1. The summed E-state index contributed by atoms with van der Waals surface area (Å²) < 4.78 is 0. The van der Waals surface area contributed by atoms with Crippen molar-refractivity contribution in [1.82, 2.24) is 4.90 Å². The Morgan fingerprint density at radius 1 is 0.917 bits per heavy atom. The Balaban J connectivity index is 2.11. The number of hydrogen-bond acceptors (Lipinski definition) is 2. The van der Waals surface area contributed by atoms with E-state index in [1.165, 1.54) is 29.5 Å². The molecule has 0 saturated carbocycles. The van der Waals surface area contributed by atoms with Gasteiger partial charge >= 0.3 is 0 Å². The van der Waals surface area contributed by atoms with Crippen LogP contribution in [0.15, 0.2) is 48.5 Å². The second-order valence-electron chi connectivity index (χ2n) is 6.50. The van der Waals surface area contributed by atoms with Gasteiger partial charge in [0.2, 0.25) is 0 Å². The quantitative estimate of drug-likeness (QED) is 0.674. The van der Waals surface area contributed by atoms with Gasteiger partial charge < -0.3 is 5.73 Å². The topological polar surface area (TPSA) is 29.3 Å². The lowest BCUT2D eigenvalue weighted by Gasteiger charge is -2.27. The second-order valence-corrected chi connectivity index (χ2v) is 6.94. The van der Waals surface area contributed by atoms with E-state index in [1.807, 2.05) is 12.1 Å². The first-order valence-electron chi connectivity index (χ1n) is 8.89. The van der Waals surface area contributed by atoms with E-state index >= 15 is 0 Å². The van der Waals surface area contributed by atoms with Crippen LogP contribution in [0.3, 0.4) is 0 Å². The number of halogens is 1. The standard InChI is InChI=1S/C21H29ClN2/c1-3-17(4-2)14-24(16-20-6-5-7-21(22)12-20)15-19-10-8-18(13-23)9-11-19/h5-12,17H,3-4,13-16,23H2,1-2H3. The van der Waals surface area contributed by atoms with Crippen LogP contribution >= 0.6 is 11.6 Å².